The first-order chi connectivity index (χ1) is 9.18. The summed E-state index contributed by atoms with van der Waals surface area (Å²) in [7, 11) is -3.54. The van der Waals surface area contributed by atoms with Crippen molar-refractivity contribution in [3.05, 3.63) is 29.8 Å². The summed E-state index contributed by atoms with van der Waals surface area (Å²) in [5.74, 6) is 0. The fraction of sp³-hybridized carbons (Fsp3) is 0.600. The first kappa shape index (κ1) is 17.1. The van der Waals surface area contributed by atoms with E-state index in [1.165, 1.54) is 0 Å². The highest BCUT2D eigenvalue weighted by atomic mass is 32.2. The van der Waals surface area contributed by atoms with Crippen LogP contribution in [0.2, 0.25) is 0 Å². The summed E-state index contributed by atoms with van der Waals surface area (Å²) in [5.41, 5.74) is 0.571. The van der Waals surface area contributed by atoms with Gasteiger partial charge in [0, 0.05) is 12.6 Å². The smallest absolute Gasteiger partial charge is 0.241 e. The van der Waals surface area contributed by atoms with E-state index in [2.05, 4.69) is 4.72 Å². The molecular formula is C15H25NO3S. The molecule has 0 aliphatic heterocycles. The molecule has 20 heavy (non-hydrogen) atoms. The molecule has 0 saturated heterocycles. The second-order valence-corrected chi connectivity index (χ2v) is 7.82. The van der Waals surface area contributed by atoms with Gasteiger partial charge in [-0.05, 0) is 36.8 Å². The molecule has 0 saturated carbocycles. The van der Waals surface area contributed by atoms with Crippen molar-refractivity contribution in [3.63, 3.8) is 0 Å². The Kier molecular flexibility index (Phi) is 5.74. The Labute approximate surface area is 122 Å². The third-order valence-corrected chi connectivity index (χ3v) is 4.78. The van der Waals surface area contributed by atoms with Crippen molar-refractivity contribution >= 4 is 10.0 Å². The molecule has 1 atom stereocenters. The van der Waals surface area contributed by atoms with Crippen LogP contribution in [0.25, 0.3) is 0 Å². The minimum Gasteiger partial charge on any atom is -0.396 e. The molecule has 0 spiro atoms. The molecular weight excluding hydrogens is 274 g/mol. The summed E-state index contributed by atoms with van der Waals surface area (Å²) in [6.45, 7) is 7.88. The van der Waals surface area contributed by atoms with Crippen molar-refractivity contribution in [1.82, 2.24) is 4.72 Å². The topological polar surface area (TPSA) is 66.4 Å². The second kappa shape index (κ2) is 6.70. The van der Waals surface area contributed by atoms with Crippen molar-refractivity contribution in [1.29, 1.82) is 0 Å². The Morgan fingerprint density at radius 3 is 2.40 bits per heavy atom. The van der Waals surface area contributed by atoms with Crippen molar-refractivity contribution in [2.45, 2.75) is 56.9 Å². The SMILES string of the molecule is C[C@@H](CCCO)NS(=O)(=O)c1ccccc1C(C)(C)C. The third-order valence-electron chi connectivity index (χ3n) is 3.14. The van der Waals surface area contributed by atoms with Gasteiger partial charge in [-0.25, -0.2) is 13.1 Å². The van der Waals surface area contributed by atoms with Gasteiger partial charge in [-0.2, -0.15) is 0 Å². The van der Waals surface area contributed by atoms with Gasteiger partial charge in [0.2, 0.25) is 10.0 Å². The van der Waals surface area contributed by atoms with E-state index in [4.69, 9.17) is 5.11 Å². The predicted molar refractivity (Wildman–Crippen MR) is 81.2 cm³/mol. The molecule has 0 aromatic heterocycles. The molecule has 4 nitrogen and oxygen atoms in total. The zero-order valence-corrected chi connectivity index (χ0v) is 13.5. The summed E-state index contributed by atoms with van der Waals surface area (Å²) in [4.78, 5) is 0.336. The Bertz CT molecular complexity index is 532. The van der Waals surface area contributed by atoms with E-state index >= 15 is 0 Å². The molecule has 0 aliphatic carbocycles. The van der Waals surface area contributed by atoms with Crippen LogP contribution in [0.5, 0.6) is 0 Å². The molecule has 114 valence electrons. The number of benzene rings is 1. The first-order valence-corrected chi connectivity index (χ1v) is 8.39. The molecule has 5 heteroatoms. The molecule has 1 aromatic carbocycles. The zero-order valence-electron chi connectivity index (χ0n) is 12.7. The van der Waals surface area contributed by atoms with Crippen LogP contribution < -0.4 is 4.72 Å². The lowest BCUT2D eigenvalue weighted by molar-refractivity contribution is 0.279. The van der Waals surface area contributed by atoms with E-state index < -0.39 is 10.0 Å². The molecule has 1 rings (SSSR count). The monoisotopic (exact) mass is 299 g/mol. The molecule has 0 amide bonds. The van der Waals surface area contributed by atoms with Gasteiger partial charge in [0.15, 0.2) is 0 Å². The average molecular weight is 299 g/mol. The molecule has 0 heterocycles. The normalized spacial score (nSPS) is 14.2. The van der Waals surface area contributed by atoms with E-state index in [1.54, 1.807) is 12.1 Å². The molecule has 0 bridgehead atoms. The molecule has 2 N–H and O–H groups in total. The van der Waals surface area contributed by atoms with Crippen LogP contribution in [0.4, 0.5) is 0 Å². The van der Waals surface area contributed by atoms with Gasteiger partial charge in [0.25, 0.3) is 0 Å². The van der Waals surface area contributed by atoms with E-state index in [9.17, 15) is 8.42 Å². The maximum absolute atomic E-state index is 12.5. The highest BCUT2D eigenvalue weighted by Gasteiger charge is 2.26. The molecule has 0 unspecified atom stereocenters. The van der Waals surface area contributed by atoms with Gasteiger partial charge in [-0.15, -0.1) is 0 Å². The Balaban J connectivity index is 3.05. The van der Waals surface area contributed by atoms with Crippen molar-refractivity contribution in [3.8, 4) is 0 Å². The lowest BCUT2D eigenvalue weighted by Crippen LogP contribution is -2.34. The van der Waals surface area contributed by atoms with Gasteiger partial charge < -0.3 is 5.11 Å². The summed E-state index contributed by atoms with van der Waals surface area (Å²) >= 11 is 0. The van der Waals surface area contributed by atoms with Gasteiger partial charge in [0.05, 0.1) is 4.90 Å². The molecule has 0 aliphatic rings. The number of sulfonamides is 1. The van der Waals surface area contributed by atoms with E-state index in [-0.39, 0.29) is 18.1 Å². The molecule has 0 radical (unpaired) electrons. The second-order valence-electron chi connectivity index (χ2n) is 6.13. The van der Waals surface area contributed by atoms with E-state index in [0.29, 0.717) is 17.7 Å². The third kappa shape index (κ3) is 4.58. The Morgan fingerprint density at radius 1 is 1.25 bits per heavy atom. The van der Waals surface area contributed by atoms with Gasteiger partial charge in [-0.3, -0.25) is 0 Å². The zero-order chi connectivity index (χ0) is 15.4. The summed E-state index contributed by atoms with van der Waals surface area (Å²) < 4.78 is 27.7. The van der Waals surface area contributed by atoms with Crippen LogP contribution in [0.3, 0.4) is 0 Å². The van der Waals surface area contributed by atoms with E-state index in [0.717, 1.165) is 5.56 Å². The highest BCUT2D eigenvalue weighted by Crippen LogP contribution is 2.28. The first-order valence-electron chi connectivity index (χ1n) is 6.91. The maximum Gasteiger partial charge on any atom is 0.241 e. The van der Waals surface area contributed by atoms with Gasteiger partial charge in [-0.1, -0.05) is 39.0 Å². The number of hydrogen-bond acceptors (Lipinski definition) is 3. The Morgan fingerprint density at radius 2 is 1.85 bits per heavy atom. The van der Waals surface area contributed by atoms with Crippen LogP contribution in [-0.4, -0.2) is 26.2 Å². The number of aliphatic hydroxyl groups is 1. The van der Waals surface area contributed by atoms with Crippen molar-refractivity contribution < 1.29 is 13.5 Å². The van der Waals surface area contributed by atoms with Crippen LogP contribution in [-0.2, 0) is 15.4 Å². The predicted octanol–water partition coefficient (Wildman–Crippen LogP) is 2.42. The highest BCUT2D eigenvalue weighted by molar-refractivity contribution is 7.89. The summed E-state index contributed by atoms with van der Waals surface area (Å²) in [6, 6.07) is 6.89. The maximum atomic E-state index is 12.5. The number of rotatable bonds is 6. The van der Waals surface area contributed by atoms with Gasteiger partial charge >= 0.3 is 0 Å². The summed E-state index contributed by atoms with van der Waals surface area (Å²) in [6.07, 6.45) is 1.21. The fourth-order valence-corrected chi connectivity index (χ4v) is 3.80. The van der Waals surface area contributed by atoms with Crippen LogP contribution >= 0.6 is 0 Å². The van der Waals surface area contributed by atoms with Crippen molar-refractivity contribution in [2.75, 3.05) is 6.61 Å². The molecule has 0 fully saturated rings. The van der Waals surface area contributed by atoms with Crippen LogP contribution in [0.1, 0.15) is 46.1 Å². The summed E-state index contributed by atoms with van der Waals surface area (Å²) in [5, 5.41) is 8.80. The van der Waals surface area contributed by atoms with E-state index in [1.807, 2.05) is 39.8 Å². The number of aliphatic hydroxyl groups excluding tert-OH is 1. The quantitative estimate of drug-likeness (QED) is 0.848. The number of hydrogen-bond donors (Lipinski definition) is 2. The van der Waals surface area contributed by atoms with Crippen LogP contribution in [0, 0.1) is 0 Å². The lowest BCUT2D eigenvalue weighted by atomic mass is 9.87. The largest absolute Gasteiger partial charge is 0.396 e. The van der Waals surface area contributed by atoms with Gasteiger partial charge in [0.1, 0.15) is 0 Å². The standard InChI is InChI=1S/C15H25NO3S/c1-12(8-7-11-17)16-20(18,19)14-10-6-5-9-13(14)15(2,3)4/h5-6,9-10,12,16-17H,7-8,11H2,1-4H3/t12-/m0/s1. The minimum absolute atomic E-state index is 0.0741. The Hall–Kier alpha value is -0.910. The van der Waals surface area contributed by atoms with Crippen LogP contribution in [0.15, 0.2) is 29.2 Å². The minimum atomic E-state index is -3.54. The van der Waals surface area contributed by atoms with Crippen molar-refractivity contribution in [2.24, 2.45) is 0 Å². The lowest BCUT2D eigenvalue weighted by Gasteiger charge is -2.23. The fourth-order valence-electron chi connectivity index (χ4n) is 2.11. The average Bonchev–Trinajstić information content (AvgIpc) is 2.35. The number of nitrogens with one attached hydrogen (secondary N) is 1. The molecule has 1 aromatic rings.